The van der Waals surface area contributed by atoms with E-state index >= 15 is 0 Å². The molecule has 2 nitrogen and oxygen atoms in total. The van der Waals surface area contributed by atoms with Crippen LogP contribution in [0, 0.1) is 10.8 Å². The van der Waals surface area contributed by atoms with E-state index in [-0.39, 0.29) is 12.4 Å². The third kappa shape index (κ3) is 10.7. The third-order valence-corrected chi connectivity index (χ3v) is 1.14. The largest absolute Gasteiger partial charge is 0.388 e. The van der Waals surface area contributed by atoms with Crippen LogP contribution in [0.5, 0.6) is 0 Å². The van der Waals surface area contributed by atoms with Gasteiger partial charge in [0.15, 0.2) is 0 Å². The molecule has 0 aliphatic heterocycles. The summed E-state index contributed by atoms with van der Waals surface area (Å²) in [7, 11) is 0. The Morgan fingerprint density at radius 3 is 1.90 bits per heavy atom. The maximum atomic E-state index is 6.95. The van der Waals surface area contributed by atoms with Crippen molar-refractivity contribution in [1.29, 1.82) is 5.41 Å². The van der Waals surface area contributed by atoms with Gasteiger partial charge in [-0.15, -0.1) is 12.4 Å². The van der Waals surface area contributed by atoms with Crippen molar-refractivity contribution in [3.8, 4) is 0 Å². The zero-order chi connectivity index (χ0) is 7.49. The van der Waals surface area contributed by atoms with E-state index < -0.39 is 0 Å². The van der Waals surface area contributed by atoms with Crippen LogP contribution in [0.3, 0.4) is 0 Å². The van der Waals surface area contributed by atoms with Gasteiger partial charge in [0.2, 0.25) is 0 Å². The van der Waals surface area contributed by atoms with Crippen LogP contribution in [0.15, 0.2) is 0 Å². The predicted molar refractivity (Wildman–Crippen MR) is 47.9 cm³/mol. The Morgan fingerprint density at radius 1 is 1.40 bits per heavy atom. The van der Waals surface area contributed by atoms with Gasteiger partial charge in [-0.25, -0.2) is 0 Å². The Hall–Kier alpha value is -0.240. The van der Waals surface area contributed by atoms with Gasteiger partial charge in [0.05, 0.1) is 5.84 Å². The number of rotatable bonds is 2. The van der Waals surface area contributed by atoms with Crippen LogP contribution in [0.4, 0.5) is 0 Å². The smallest absolute Gasteiger partial charge is 0.0905 e. The van der Waals surface area contributed by atoms with E-state index in [1.807, 2.05) is 0 Å². The van der Waals surface area contributed by atoms with Crippen LogP contribution in [0.25, 0.3) is 0 Å². The second-order valence-electron chi connectivity index (χ2n) is 3.59. The number of halogens is 1. The normalized spacial score (nSPS) is 10.3. The summed E-state index contributed by atoms with van der Waals surface area (Å²) in [5.41, 5.74) is 5.49. The van der Waals surface area contributed by atoms with Gasteiger partial charge in [0.25, 0.3) is 0 Å². The van der Waals surface area contributed by atoms with Gasteiger partial charge in [-0.1, -0.05) is 20.8 Å². The molecule has 0 bridgehead atoms. The molecule has 0 aliphatic rings. The topological polar surface area (TPSA) is 49.9 Å². The lowest BCUT2D eigenvalue weighted by Gasteiger charge is -2.16. The van der Waals surface area contributed by atoms with E-state index in [9.17, 15) is 0 Å². The molecule has 0 spiro atoms. The Bertz CT molecular complexity index is 105. The molecule has 0 amide bonds. The summed E-state index contributed by atoms with van der Waals surface area (Å²) in [5, 5.41) is 6.95. The van der Waals surface area contributed by atoms with Crippen LogP contribution in [0.2, 0.25) is 0 Å². The quantitative estimate of drug-likeness (QED) is 0.477. The lowest BCUT2D eigenvalue weighted by molar-refractivity contribution is 0.385. The molecular formula is C7H17ClN2. The van der Waals surface area contributed by atoms with Crippen LogP contribution in [-0.2, 0) is 0 Å². The monoisotopic (exact) mass is 164 g/mol. The van der Waals surface area contributed by atoms with Gasteiger partial charge in [0, 0.05) is 6.42 Å². The van der Waals surface area contributed by atoms with Crippen LogP contribution in [-0.4, -0.2) is 5.84 Å². The summed E-state index contributed by atoms with van der Waals surface area (Å²) in [6.07, 6.45) is 1.73. The second kappa shape index (κ2) is 4.56. The van der Waals surface area contributed by atoms with E-state index in [0.717, 1.165) is 12.8 Å². The Labute approximate surface area is 69.1 Å². The fourth-order valence-electron chi connectivity index (χ4n) is 0.510. The van der Waals surface area contributed by atoms with Gasteiger partial charge >= 0.3 is 0 Å². The van der Waals surface area contributed by atoms with Crippen molar-refractivity contribution in [2.75, 3.05) is 0 Å². The number of hydrogen-bond acceptors (Lipinski definition) is 1. The molecular weight excluding hydrogens is 148 g/mol. The minimum atomic E-state index is 0. The first-order chi connectivity index (χ1) is 3.92. The van der Waals surface area contributed by atoms with E-state index in [0.29, 0.717) is 11.3 Å². The summed E-state index contributed by atoms with van der Waals surface area (Å²) < 4.78 is 0. The Kier molecular flexibility index (Phi) is 5.67. The highest BCUT2D eigenvalue weighted by Gasteiger charge is 2.09. The van der Waals surface area contributed by atoms with Gasteiger partial charge < -0.3 is 5.73 Å². The molecule has 0 aliphatic carbocycles. The molecule has 0 rings (SSSR count). The Balaban J connectivity index is 0. The maximum absolute atomic E-state index is 6.95. The van der Waals surface area contributed by atoms with Crippen molar-refractivity contribution in [1.82, 2.24) is 0 Å². The van der Waals surface area contributed by atoms with E-state index in [1.165, 1.54) is 0 Å². The van der Waals surface area contributed by atoms with Crippen molar-refractivity contribution >= 4 is 18.2 Å². The average Bonchev–Trinajstić information content (AvgIpc) is 1.59. The zero-order valence-electron chi connectivity index (χ0n) is 6.90. The number of hydrogen-bond donors (Lipinski definition) is 2. The zero-order valence-corrected chi connectivity index (χ0v) is 7.72. The van der Waals surface area contributed by atoms with Crippen molar-refractivity contribution in [3.05, 3.63) is 0 Å². The lowest BCUT2D eigenvalue weighted by atomic mass is 9.90. The molecule has 3 heteroatoms. The molecule has 10 heavy (non-hydrogen) atoms. The molecule has 0 radical (unpaired) electrons. The van der Waals surface area contributed by atoms with Crippen molar-refractivity contribution in [3.63, 3.8) is 0 Å². The number of nitrogens with two attached hydrogens (primary N) is 1. The standard InChI is InChI=1S/C7H16N2.ClH/c1-7(2,3)5-4-6(8)9;/h4-5H2,1-3H3,(H3,8,9);1H. The fourth-order valence-corrected chi connectivity index (χ4v) is 0.510. The highest BCUT2D eigenvalue weighted by atomic mass is 35.5. The summed E-state index contributed by atoms with van der Waals surface area (Å²) >= 11 is 0. The van der Waals surface area contributed by atoms with Gasteiger partial charge in [-0.3, -0.25) is 5.41 Å². The molecule has 0 aromatic carbocycles. The van der Waals surface area contributed by atoms with Crippen molar-refractivity contribution < 1.29 is 0 Å². The number of nitrogens with one attached hydrogen (secondary N) is 1. The molecule has 3 N–H and O–H groups in total. The highest BCUT2D eigenvalue weighted by Crippen LogP contribution is 2.19. The molecule has 0 aromatic heterocycles. The summed E-state index contributed by atoms with van der Waals surface area (Å²) in [6, 6.07) is 0. The summed E-state index contributed by atoms with van der Waals surface area (Å²) in [4.78, 5) is 0. The lowest BCUT2D eigenvalue weighted by Crippen LogP contribution is -2.14. The molecule has 0 unspecified atom stereocenters. The summed E-state index contributed by atoms with van der Waals surface area (Å²) in [5.74, 6) is 0.296. The maximum Gasteiger partial charge on any atom is 0.0905 e. The molecule has 0 fully saturated rings. The minimum Gasteiger partial charge on any atom is -0.388 e. The first kappa shape index (κ1) is 12.4. The van der Waals surface area contributed by atoms with E-state index in [2.05, 4.69) is 20.8 Å². The van der Waals surface area contributed by atoms with Crippen LogP contribution >= 0.6 is 12.4 Å². The summed E-state index contributed by atoms with van der Waals surface area (Å²) in [6.45, 7) is 6.45. The van der Waals surface area contributed by atoms with E-state index in [4.69, 9.17) is 11.1 Å². The average molecular weight is 165 g/mol. The molecule has 0 saturated carbocycles. The molecule has 0 atom stereocenters. The van der Waals surface area contributed by atoms with Gasteiger partial charge in [-0.2, -0.15) is 0 Å². The van der Waals surface area contributed by atoms with E-state index in [1.54, 1.807) is 0 Å². The number of amidine groups is 1. The molecule has 0 aromatic rings. The SMILES string of the molecule is CC(C)(C)CCC(=N)N.Cl. The van der Waals surface area contributed by atoms with Gasteiger partial charge in [0.1, 0.15) is 0 Å². The molecule has 0 saturated heterocycles. The predicted octanol–water partition coefficient (Wildman–Crippen LogP) is 2.17. The fraction of sp³-hybridized carbons (Fsp3) is 0.857. The second-order valence-corrected chi connectivity index (χ2v) is 3.59. The first-order valence-electron chi connectivity index (χ1n) is 3.25. The molecule has 62 valence electrons. The van der Waals surface area contributed by atoms with Crippen LogP contribution < -0.4 is 5.73 Å². The first-order valence-corrected chi connectivity index (χ1v) is 3.25. The molecule has 0 heterocycles. The minimum absolute atomic E-state index is 0. The van der Waals surface area contributed by atoms with Crippen molar-refractivity contribution in [2.24, 2.45) is 11.1 Å². The van der Waals surface area contributed by atoms with Crippen molar-refractivity contribution in [2.45, 2.75) is 33.6 Å². The van der Waals surface area contributed by atoms with Crippen LogP contribution in [0.1, 0.15) is 33.6 Å². The van der Waals surface area contributed by atoms with Gasteiger partial charge in [-0.05, 0) is 11.8 Å². The Morgan fingerprint density at radius 2 is 1.80 bits per heavy atom. The third-order valence-electron chi connectivity index (χ3n) is 1.14. The highest BCUT2D eigenvalue weighted by molar-refractivity contribution is 5.85.